The standard InChI is InChI=1S/C25H28N2/c1-16-7-8-20(13-17(16)2)25(21-9-11-23(26-5)18(3)14-21)22-10-12-24(27-6)19(4)15-22/h7-15,26-27H,1H2,2-6H3. The lowest BCUT2D eigenvalue weighted by Gasteiger charge is -2.15. The summed E-state index contributed by atoms with van der Waals surface area (Å²) >= 11 is 0. The number of benzene rings is 3. The van der Waals surface area contributed by atoms with E-state index in [1.807, 2.05) is 14.1 Å². The molecular formula is C25H28N2. The van der Waals surface area contributed by atoms with Crippen LogP contribution in [-0.2, 0) is 0 Å². The van der Waals surface area contributed by atoms with Gasteiger partial charge in [-0.05, 0) is 88.9 Å². The van der Waals surface area contributed by atoms with Gasteiger partial charge in [-0.2, -0.15) is 0 Å². The van der Waals surface area contributed by atoms with E-state index >= 15 is 0 Å². The fourth-order valence-corrected chi connectivity index (χ4v) is 3.55. The summed E-state index contributed by atoms with van der Waals surface area (Å²) < 4.78 is 0. The van der Waals surface area contributed by atoms with Crippen molar-refractivity contribution in [3.63, 3.8) is 0 Å². The summed E-state index contributed by atoms with van der Waals surface area (Å²) in [5, 5.41) is 8.80. The molecule has 0 aliphatic heterocycles. The van der Waals surface area contributed by atoms with E-state index in [4.69, 9.17) is 0 Å². The van der Waals surface area contributed by atoms with Crippen LogP contribution in [0.2, 0.25) is 0 Å². The van der Waals surface area contributed by atoms with Crippen molar-refractivity contribution in [3.05, 3.63) is 92.9 Å². The third kappa shape index (κ3) is 3.75. The van der Waals surface area contributed by atoms with Gasteiger partial charge in [0, 0.05) is 25.5 Å². The molecule has 0 bridgehead atoms. The Morgan fingerprint density at radius 1 is 0.667 bits per heavy atom. The van der Waals surface area contributed by atoms with Gasteiger partial charge in [0.2, 0.25) is 0 Å². The fraction of sp³-hybridized carbons (Fsp3) is 0.200. The summed E-state index contributed by atoms with van der Waals surface area (Å²) in [7, 11) is 3.92. The Hall–Kier alpha value is -3.00. The van der Waals surface area contributed by atoms with E-state index in [0.717, 1.165) is 16.6 Å². The molecule has 2 nitrogen and oxygen atoms in total. The number of hydrogen-bond donors (Lipinski definition) is 2. The Kier molecular flexibility index (Phi) is 5.36. The lowest BCUT2D eigenvalue weighted by Crippen LogP contribution is -2.15. The van der Waals surface area contributed by atoms with Gasteiger partial charge in [-0.3, -0.25) is 0 Å². The van der Waals surface area contributed by atoms with Crippen molar-refractivity contribution in [2.75, 3.05) is 24.7 Å². The summed E-state index contributed by atoms with van der Waals surface area (Å²) in [4.78, 5) is 0. The van der Waals surface area contributed by atoms with Crippen LogP contribution in [0, 0.1) is 20.8 Å². The van der Waals surface area contributed by atoms with Gasteiger partial charge in [0.15, 0.2) is 0 Å². The van der Waals surface area contributed by atoms with Gasteiger partial charge in [0.05, 0.1) is 0 Å². The normalized spacial score (nSPS) is 10.6. The Morgan fingerprint density at radius 2 is 1.19 bits per heavy atom. The second-order valence-electron chi connectivity index (χ2n) is 7.08. The van der Waals surface area contributed by atoms with Gasteiger partial charge in [0.1, 0.15) is 0 Å². The fourth-order valence-electron chi connectivity index (χ4n) is 3.55. The summed E-state index contributed by atoms with van der Waals surface area (Å²) in [5.74, 6) is 0. The minimum absolute atomic E-state index is 1.07. The molecule has 0 saturated heterocycles. The molecule has 0 radical (unpaired) electrons. The first-order valence-corrected chi connectivity index (χ1v) is 9.32. The van der Waals surface area contributed by atoms with E-state index < -0.39 is 0 Å². The number of aryl methyl sites for hydroxylation is 3. The summed E-state index contributed by atoms with van der Waals surface area (Å²) in [6.45, 7) is 10.5. The monoisotopic (exact) mass is 356 g/mol. The summed E-state index contributed by atoms with van der Waals surface area (Å²) in [6, 6.07) is 19.7. The van der Waals surface area contributed by atoms with Gasteiger partial charge in [-0.25, -0.2) is 0 Å². The zero-order chi connectivity index (χ0) is 19.6. The Balaban J connectivity index is 2.34. The molecule has 27 heavy (non-hydrogen) atoms. The molecule has 0 aliphatic carbocycles. The first kappa shape index (κ1) is 18.8. The Labute approximate surface area is 162 Å². The van der Waals surface area contributed by atoms with Crippen LogP contribution in [0.25, 0.3) is 12.2 Å². The molecule has 0 atom stereocenters. The van der Waals surface area contributed by atoms with Crippen LogP contribution in [0.1, 0.15) is 27.8 Å². The maximum atomic E-state index is 4.11. The van der Waals surface area contributed by atoms with Crippen molar-refractivity contribution < 1.29 is 0 Å². The van der Waals surface area contributed by atoms with E-state index in [-0.39, 0.29) is 0 Å². The molecule has 138 valence electrons. The lowest BCUT2D eigenvalue weighted by molar-refractivity contribution is 1.34. The average Bonchev–Trinajstić information content (AvgIpc) is 2.65. The smallest absolute Gasteiger partial charge is 0.0367 e. The molecular weight excluding hydrogens is 328 g/mol. The van der Waals surface area contributed by atoms with E-state index in [1.165, 1.54) is 38.6 Å². The molecule has 0 fully saturated rings. The highest BCUT2D eigenvalue weighted by Gasteiger charge is 2.10. The maximum absolute atomic E-state index is 4.11. The molecule has 2 N–H and O–H groups in total. The van der Waals surface area contributed by atoms with Crippen molar-refractivity contribution in [2.45, 2.75) is 20.8 Å². The van der Waals surface area contributed by atoms with E-state index in [0.29, 0.717) is 0 Å². The van der Waals surface area contributed by atoms with Crippen LogP contribution in [0.5, 0.6) is 0 Å². The topological polar surface area (TPSA) is 24.1 Å². The third-order valence-electron chi connectivity index (χ3n) is 5.20. The van der Waals surface area contributed by atoms with Gasteiger partial charge in [-0.15, -0.1) is 0 Å². The molecule has 0 heterocycles. The maximum Gasteiger partial charge on any atom is 0.0367 e. The second-order valence-corrected chi connectivity index (χ2v) is 7.08. The van der Waals surface area contributed by atoms with E-state index in [9.17, 15) is 0 Å². The van der Waals surface area contributed by atoms with E-state index in [2.05, 4.69) is 92.6 Å². The van der Waals surface area contributed by atoms with Crippen molar-refractivity contribution in [1.82, 2.24) is 0 Å². The Morgan fingerprint density at radius 3 is 1.59 bits per heavy atom. The third-order valence-corrected chi connectivity index (χ3v) is 5.20. The average molecular weight is 357 g/mol. The molecule has 0 saturated carbocycles. The number of hydrogen-bond acceptors (Lipinski definition) is 2. The zero-order valence-corrected chi connectivity index (χ0v) is 16.9. The van der Waals surface area contributed by atoms with Crippen LogP contribution in [0.15, 0.2) is 54.6 Å². The summed E-state index contributed by atoms with van der Waals surface area (Å²) in [6.07, 6.45) is 0. The summed E-state index contributed by atoms with van der Waals surface area (Å²) in [5.41, 5.74) is 9.68. The second kappa shape index (κ2) is 7.71. The highest BCUT2D eigenvalue weighted by Crippen LogP contribution is 2.27. The SMILES string of the molecule is C=c1ccc(=C(c2ccc(NC)c(C)c2)c2ccc(NC)c(C)c2)cc1C. The highest BCUT2D eigenvalue weighted by molar-refractivity contribution is 5.82. The van der Waals surface area contributed by atoms with Crippen LogP contribution in [0.4, 0.5) is 11.4 Å². The van der Waals surface area contributed by atoms with Gasteiger partial charge in [0.25, 0.3) is 0 Å². The number of rotatable bonds is 4. The quantitative estimate of drug-likeness (QED) is 0.726. The molecule has 0 aromatic heterocycles. The molecule has 2 heteroatoms. The van der Waals surface area contributed by atoms with Crippen LogP contribution >= 0.6 is 0 Å². The van der Waals surface area contributed by atoms with Gasteiger partial charge >= 0.3 is 0 Å². The molecule has 0 unspecified atom stereocenters. The number of nitrogens with one attached hydrogen (secondary N) is 2. The van der Waals surface area contributed by atoms with Crippen LogP contribution in [0.3, 0.4) is 0 Å². The lowest BCUT2D eigenvalue weighted by atomic mass is 9.92. The highest BCUT2D eigenvalue weighted by atomic mass is 14.8. The predicted octanol–water partition coefficient (Wildman–Crippen LogP) is 4.35. The molecule has 0 spiro atoms. The molecule has 3 aromatic carbocycles. The minimum atomic E-state index is 1.07. The zero-order valence-electron chi connectivity index (χ0n) is 16.9. The van der Waals surface area contributed by atoms with Crippen molar-refractivity contribution in [2.24, 2.45) is 0 Å². The van der Waals surface area contributed by atoms with E-state index in [1.54, 1.807) is 0 Å². The van der Waals surface area contributed by atoms with Gasteiger partial charge < -0.3 is 10.6 Å². The first-order valence-electron chi connectivity index (χ1n) is 9.32. The van der Waals surface area contributed by atoms with Gasteiger partial charge in [-0.1, -0.05) is 36.9 Å². The minimum Gasteiger partial charge on any atom is -0.388 e. The molecule has 3 aromatic rings. The molecule has 0 amide bonds. The molecule has 3 rings (SSSR count). The van der Waals surface area contributed by atoms with Crippen LogP contribution < -0.4 is 21.1 Å². The molecule has 0 aliphatic rings. The first-order chi connectivity index (χ1) is 12.9. The Bertz CT molecular complexity index is 1040. The van der Waals surface area contributed by atoms with Crippen LogP contribution in [-0.4, -0.2) is 14.1 Å². The predicted molar refractivity (Wildman–Crippen MR) is 119 cm³/mol. The van der Waals surface area contributed by atoms with Crippen molar-refractivity contribution in [1.29, 1.82) is 0 Å². The van der Waals surface area contributed by atoms with Crippen molar-refractivity contribution >= 4 is 23.5 Å². The number of anilines is 2. The van der Waals surface area contributed by atoms with Crippen molar-refractivity contribution in [3.8, 4) is 0 Å². The largest absolute Gasteiger partial charge is 0.388 e.